The van der Waals surface area contributed by atoms with Gasteiger partial charge in [0.05, 0.1) is 25.4 Å². The summed E-state index contributed by atoms with van der Waals surface area (Å²) in [6.07, 6.45) is -5.53. The number of Topliss-reactive ketones (excluding diaryl/α,β-unsaturated/α-hetero) is 1. The number of carbonyl (C=O) groups is 3. The number of cyclic esters (lactones) is 1. The third kappa shape index (κ3) is 6.10. The van der Waals surface area contributed by atoms with Gasteiger partial charge in [-0.3, -0.25) is 19.8 Å². The van der Waals surface area contributed by atoms with E-state index in [-0.39, 0.29) is 56.4 Å². The number of hydrogen-bond donors (Lipinski definition) is 1. The summed E-state index contributed by atoms with van der Waals surface area (Å²) in [5, 5.41) is 7.15. The molecule has 0 radical (unpaired) electrons. The first-order valence-electron chi connectivity index (χ1n) is 11.3. The molecule has 200 valence electrons. The van der Waals surface area contributed by atoms with Crippen molar-refractivity contribution in [2.45, 2.75) is 32.3 Å². The van der Waals surface area contributed by atoms with Gasteiger partial charge in [-0.1, -0.05) is 5.16 Å². The second-order valence-corrected chi connectivity index (χ2v) is 8.36. The zero-order valence-electron chi connectivity index (χ0n) is 19.6. The minimum atomic E-state index is -3.12. The summed E-state index contributed by atoms with van der Waals surface area (Å²) >= 11 is 0. The third-order valence-electron chi connectivity index (χ3n) is 5.73. The van der Waals surface area contributed by atoms with E-state index in [0.717, 1.165) is 22.1 Å². The molecule has 0 saturated carbocycles. The molecule has 2 saturated heterocycles. The molecular weight excluding hydrogens is 506 g/mol. The number of amides is 3. The van der Waals surface area contributed by atoms with Gasteiger partial charge in [-0.05, 0) is 13.3 Å². The van der Waals surface area contributed by atoms with Crippen LogP contribution in [0.2, 0.25) is 0 Å². The molecule has 4 rings (SSSR count). The molecular formula is C22H23F4N5O6. The molecule has 2 aliphatic heterocycles. The zero-order chi connectivity index (χ0) is 26.7. The molecule has 1 aromatic carbocycles. The summed E-state index contributed by atoms with van der Waals surface area (Å²) in [5.74, 6) is -2.53. The predicted molar refractivity (Wildman–Crippen MR) is 119 cm³/mol. The van der Waals surface area contributed by atoms with E-state index in [9.17, 15) is 23.2 Å². The second kappa shape index (κ2) is 11.0. The van der Waals surface area contributed by atoms with E-state index in [4.69, 9.17) is 14.1 Å². The van der Waals surface area contributed by atoms with Crippen molar-refractivity contribution in [3.63, 3.8) is 0 Å². The lowest BCUT2D eigenvalue weighted by atomic mass is 10.1. The number of ketones is 1. The highest BCUT2D eigenvalue weighted by molar-refractivity contribution is 5.90. The summed E-state index contributed by atoms with van der Waals surface area (Å²) in [6.45, 7) is 1.52. The molecule has 3 amide bonds. The largest absolute Gasteiger partial charge is 0.444 e. The summed E-state index contributed by atoms with van der Waals surface area (Å²) < 4.78 is 64.8. The molecule has 2 fully saturated rings. The van der Waals surface area contributed by atoms with Crippen molar-refractivity contribution < 1.29 is 46.0 Å². The number of carbonyl (C=O) groups excluding carboxylic acids is 3. The Hall–Kier alpha value is -3.88. The quantitative estimate of drug-likeness (QED) is 0.542. The lowest BCUT2D eigenvalue weighted by molar-refractivity contribution is -0.129. The van der Waals surface area contributed by atoms with Gasteiger partial charge in [0.25, 0.3) is 6.43 Å². The number of alkyl halides is 2. The number of rotatable bonds is 7. The monoisotopic (exact) mass is 529 g/mol. The lowest BCUT2D eigenvalue weighted by Crippen LogP contribution is -2.37. The van der Waals surface area contributed by atoms with Crippen LogP contribution in [0.4, 0.5) is 44.3 Å². The molecule has 37 heavy (non-hydrogen) atoms. The number of nitrogens with one attached hydrogen (secondary N) is 1. The number of aromatic nitrogens is 1. The van der Waals surface area contributed by atoms with Crippen molar-refractivity contribution in [1.29, 1.82) is 0 Å². The molecule has 0 unspecified atom stereocenters. The SMILES string of the molecule is Cc1cc(NC(=O)N2CCN(c3c(F)cc(N4C[C@H](CCC(=O)C(F)F)OC4=O)cc3F)CCO2)no1. The Balaban J connectivity index is 1.39. The molecule has 1 atom stereocenters. The molecule has 1 N–H and O–H groups in total. The maximum Gasteiger partial charge on any atom is 0.414 e. The molecule has 15 heteroatoms. The fraction of sp³-hybridized carbons (Fsp3) is 0.455. The van der Waals surface area contributed by atoms with Crippen LogP contribution >= 0.6 is 0 Å². The smallest absolute Gasteiger partial charge is 0.414 e. The summed E-state index contributed by atoms with van der Waals surface area (Å²) in [6, 6.07) is 2.78. The predicted octanol–water partition coefficient (Wildman–Crippen LogP) is 3.49. The van der Waals surface area contributed by atoms with E-state index in [1.165, 1.54) is 11.0 Å². The first-order chi connectivity index (χ1) is 17.6. The first-order valence-corrected chi connectivity index (χ1v) is 11.3. The van der Waals surface area contributed by atoms with Gasteiger partial charge in [-0.2, -0.15) is 0 Å². The van der Waals surface area contributed by atoms with Crippen molar-refractivity contribution in [3.8, 4) is 0 Å². The number of hydrogen-bond acceptors (Lipinski definition) is 8. The Kier molecular flexibility index (Phi) is 7.80. The van der Waals surface area contributed by atoms with Crippen molar-refractivity contribution in [2.24, 2.45) is 0 Å². The molecule has 2 aromatic rings. The highest BCUT2D eigenvalue weighted by atomic mass is 19.3. The number of ether oxygens (including phenoxy) is 1. The minimum Gasteiger partial charge on any atom is -0.444 e. The number of benzene rings is 1. The van der Waals surface area contributed by atoms with E-state index in [2.05, 4.69) is 10.5 Å². The maximum absolute atomic E-state index is 15.1. The van der Waals surface area contributed by atoms with Crippen LogP contribution in [-0.2, 0) is 14.4 Å². The van der Waals surface area contributed by atoms with Crippen LogP contribution in [0.15, 0.2) is 22.7 Å². The molecule has 0 bridgehead atoms. The van der Waals surface area contributed by atoms with E-state index in [1.807, 2.05) is 0 Å². The van der Waals surface area contributed by atoms with Gasteiger partial charge in [-0.15, -0.1) is 0 Å². The fourth-order valence-corrected chi connectivity index (χ4v) is 3.94. The number of anilines is 3. The topological polar surface area (TPSA) is 117 Å². The van der Waals surface area contributed by atoms with Gasteiger partial charge in [0.2, 0.25) is 0 Å². The number of urea groups is 1. The van der Waals surface area contributed by atoms with Crippen LogP contribution < -0.4 is 15.1 Å². The number of nitrogens with zero attached hydrogens (tertiary/aromatic N) is 4. The van der Waals surface area contributed by atoms with Crippen molar-refractivity contribution in [1.82, 2.24) is 10.2 Å². The minimum absolute atomic E-state index is 0.0270. The lowest BCUT2D eigenvalue weighted by Gasteiger charge is -2.24. The van der Waals surface area contributed by atoms with Gasteiger partial charge in [0.15, 0.2) is 23.2 Å². The van der Waals surface area contributed by atoms with E-state index >= 15 is 8.78 Å². The highest BCUT2D eigenvalue weighted by Crippen LogP contribution is 2.32. The van der Waals surface area contributed by atoms with Crippen LogP contribution in [-0.4, -0.2) is 73.4 Å². The Morgan fingerprint density at radius 1 is 1.16 bits per heavy atom. The Labute approximate surface area is 207 Å². The van der Waals surface area contributed by atoms with Crippen LogP contribution in [0.25, 0.3) is 0 Å². The van der Waals surface area contributed by atoms with Gasteiger partial charge >= 0.3 is 12.1 Å². The zero-order valence-corrected chi connectivity index (χ0v) is 19.6. The van der Waals surface area contributed by atoms with Crippen molar-refractivity contribution in [3.05, 3.63) is 35.6 Å². The van der Waals surface area contributed by atoms with E-state index in [0.29, 0.717) is 5.76 Å². The van der Waals surface area contributed by atoms with Gasteiger partial charge < -0.3 is 14.2 Å². The molecule has 0 aliphatic carbocycles. The molecule has 3 heterocycles. The van der Waals surface area contributed by atoms with E-state index in [1.54, 1.807) is 6.92 Å². The average molecular weight is 529 g/mol. The number of halogens is 4. The Morgan fingerprint density at radius 2 is 1.89 bits per heavy atom. The summed E-state index contributed by atoms with van der Waals surface area (Å²) in [5.41, 5.74) is -0.491. The van der Waals surface area contributed by atoms with Crippen LogP contribution in [0.1, 0.15) is 18.6 Å². The molecule has 2 aliphatic rings. The van der Waals surface area contributed by atoms with Gasteiger partial charge in [0.1, 0.15) is 17.6 Å². The standard InChI is InChI=1S/C22H23F4N5O6/c1-12-8-18(28-37-12)27-21(33)31-5-4-29(6-7-35-31)19-15(23)9-13(10-16(19)24)30-11-14(36-22(30)34)2-3-17(32)20(25)26/h8-10,14,20H,2-7,11H2,1H3,(H,27,28,33)/t14-/m0/s1. The summed E-state index contributed by atoms with van der Waals surface area (Å²) in [7, 11) is 0. The second-order valence-electron chi connectivity index (χ2n) is 8.36. The van der Waals surface area contributed by atoms with Crippen molar-refractivity contribution in [2.75, 3.05) is 47.9 Å². The molecule has 1 aromatic heterocycles. The first kappa shape index (κ1) is 26.2. The fourth-order valence-electron chi connectivity index (χ4n) is 3.94. The highest BCUT2D eigenvalue weighted by Gasteiger charge is 2.34. The van der Waals surface area contributed by atoms with E-state index < -0.39 is 48.5 Å². The third-order valence-corrected chi connectivity index (χ3v) is 5.73. The van der Waals surface area contributed by atoms with Gasteiger partial charge in [0, 0.05) is 37.7 Å². The summed E-state index contributed by atoms with van der Waals surface area (Å²) in [4.78, 5) is 43.5. The van der Waals surface area contributed by atoms with Crippen LogP contribution in [0.5, 0.6) is 0 Å². The Morgan fingerprint density at radius 3 is 2.54 bits per heavy atom. The molecule has 11 nitrogen and oxygen atoms in total. The molecule has 0 spiro atoms. The van der Waals surface area contributed by atoms with Gasteiger partial charge in [-0.25, -0.2) is 32.2 Å². The van der Waals surface area contributed by atoms with Crippen molar-refractivity contribution >= 4 is 35.1 Å². The number of hydroxylamine groups is 2. The maximum atomic E-state index is 15.1. The number of aryl methyl sites for hydroxylation is 1. The van der Waals surface area contributed by atoms with Crippen LogP contribution in [0, 0.1) is 18.6 Å². The average Bonchev–Trinajstić information content (AvgIpc) is 3.32. The van der Waals surface area contributed by atoms with Crippen LogP contribution in [0.3, 0.4) is 0 Å². The Bertz CT molecular complexity index is 1160. The normalized spacial score (nSPS) is 18.3.